The average molecular weight is 1830 g/mol. The molecule has 140 heavy (non-hydrogen) atoms. The second-order valence-electron chi connectivity index (χ2n) is 43.4. The molecule has 14 aromatic carbocycles. The summed E-state index contributed by atoms with van der Waals surface area (Å²) in [6, 6.07) is 117. The second kappa shape index (κ2) is 33.9. The first-order chi connectivity index (χ1) is 68.1. The molecule has 0 bridgehead atoms. The first-order valence-electron chi connectivity index (χ1n) is 51.0. The Balaban J connectivity index is 0.859. The summed E-state index contributed by atoms with van der Waals surface area (Å²) < 4.78 is 7.73. The number of allylic oxidation sites excluding steroid dienone is 19. The third-order valence-electron chi connectivity index (χ3n) is 31.2. The summed E-state index contributed by atoms with van der Waals surface area (Å²) in [4.78, 5) is 5.75. The van der Waals surface area contributed by atoms with Crippen molar-refractivity contribution in [3.05, 3.63) is 448 Å². The Labute approximate surface area is 825 Å². The van der Waals surface area contributed by atoms with Crippen molar-refractivity contribution >= 4 is 159 Å². The normalized spacial score (nSPS) is 17.0. The van der Waals surface area contributed by atoms with Gasteiger partial charge in [0.2, 0.25) is 0 Å². The van der Waals surface area contributed by atoms with E-state index in [0.717, 1.165) is 114 Å². The summed E-state index contributed by atoms with van der Waals surface area (Å²) in [7, 11) is -1.50. The van der Waals surface area contributed by atoms with Gasteiger partial charge in [-0.15, -0.1) is 0 Å². The van der Waals surface area contributed by atoms with Crippen molar-refractivity contribution < 1.29 is 0 Å². The lowest BCUT2D eigenvalue weighted by Gasteiger charge is -2.47. The highest BCUT2D eigenvalue weighted by Crippen LogP contribution is 2.56. The van der Waals surface area contributed by atoms with Crippen molar-refractivity contribution in [1.29, 1.82) is 0 Å². The van der Waals surface area contributed by atoms with E-state index >= 15 is 0 Å². The number of aromatic nitrogens is 3. The SMILES string of the molecule is CC(C)c1ccc2c(c1)c1cc(C(C)(C)C)ccc1n2-c1ccc2c(c1)N(c1c(C3=CC=CS4(=CC=CCC4)=C3)cccc1C1=CC(C3=CCCC=C3)=CCC1)c1cc(-c3ccc4c(c3)c3ccccc3n4-c3ccccc3)cc3c1B2c1ccc(-n2c4ccc(C(C)(C)C)cc4c4cc(C(C)(C)C)ccc42)cc1N3C1=C(c2cccc(-c3ccccc3)c2)CCC=C1C1=CC(c2ccccc2)=CCC1. The van der Waals surface area contributed by atoms with E-state index in [4.69, 9.17) is 0 Å². The minimum Gasteiger partial charge on any atom is -0.310 e. The standard InChI is InChI=1S/C133H118BN5S/c1-86(2)90-56-65-120-112(76-90)113-80-100(131(3,4)5)58-67-121(113)136(120)104-61-63-117-125(83-104)139(130-108(97-46-31-43-93(75-97)89-39-21-14-22-40-89)53-33-54-109(130)98-47-34-72-140(85-98)70-27-16-28-71-140)127-79-99(94-57-66-119-111(77-94)110-50-25-26-55-118(110)135(119)103-48-23-15-24-49-103)78-126-128(127)134(117)116-64-62-105(137-122-68-59-101(132(6,7)8)81-114(122)115-82-102(133(9,10)11)60-69-123(115)137)84-124(116)138(126)129-106(95-44-29-41-91(73-95)87-35-17-12-18-36-87)51-32-52-107(129)96-45-30-42-92(74-96)88-37-19-13-20-38-88/h12-13,15-21,23-27,29,33-44,47-50,52-70,72-86H,14,22,28,30-32,45-46,51,71H2,1-11H3. The van der Waals surface area contributed by atoms with Crippen LogP contribution in [0.25, 0.3) is 127 Å². The van der Waals surface area contributed by atoms with E-state index in [0.29, 0.717) is 5.92 Å². The number of anilines is 5. The molecule has 4 aliphatic heterocycles. The molecule has 0 saturated heterocycles. The number of fused-ring (bicyclic) bond motifs is 13. The van der Waals surface area contributed by atoms with Crippen molar-refractivity contribution in [3.63, 3.8) is 0 Å². The molecule has 1 unspecified atom stereocenters. The minimum absolute atomic E-state index is 0.0883. The first kappa shape index (κ1) is 86.9. The highest BCUT2D eigenvalue weighted by Gasteiger charge is 2.47. The highest BCUT2D eigenvalue weighted by molar-refractivity contribution is 8.32. The Hall–Kier alpha value is -14.6. The van der Waals surface area contributed by atoms with Crippen LogP contribution in [-0.4, -0.2) is 36.9 Å². The number of benzene rings is 14. The number of hydrogen-bond donors (Lipinski definition) is 0. The van der Waals surface area contributed by atoms with E-state index < -0.39 is 9.21 Å². The maximum absolute atomic E-state index is 2.88. The molecule has 7 heterocycles. The maximum Gasteiger partial charge on any atom is 0.252 e. The molecule has 4 aliphatic carbocycles. The molecule has 7 heteroatoms. The molecule has 0 amide bonds. The van der Waals surface area contributed by atoms with Crippen LogP contribution in [-0.2, 0) is 16.2 Å². The van der Waals surface area contributed by atoms with Gasteiger partial charge in [-0.1, -0.05) is 325 Å². The average Bonchev–Trinajstić information content (AvgIpc) is 1.03. The molecule has 0 fully saturated rings. The van der Waals surface area contributed by atoms with Gasteiger partial charge in [0.25, 0.3) is 6.71 Å². The summed E-state index contributed by atoms with van der Waals surface area (Å²) in [5.41, 5.74) is 46.3. The van der Waals surface area contributed by atoms with Crippen LogP contribution in [0.15, 0.2) is 404 Å². The van der Waals surface area contributed by atoms with Crippen molar-refractivity contribution in [2.24, 2.45) is 0 Å². The zero-order chi connectivity index (χ0) is 94.8. The molecule has 5 nitrogen and oxygen atoms in total. The summed E-state index contributed by atoms with van der Waals surface area (Å²) in [5.74, 6) is 1.40. The number of hydrogen-bond acceptors (Lipinski definition) is 2. The van der Waals surface area contributed by atoms with E-state index in [1.165, 1.54) is 193 Å². The molecular weight excluding hydrogens is 1710 g/mol. The highest BCUT2D eigenvalue weighted by atomic mass is 32.2. The topological polar surface area (TPSA) is 21.3 Å². The van der Waals surface area contributed by atoms with Crippen LogP contribution in [0, 0.1) is 0 Å². The molecule has 0 N–H and O–H groups in total. The van der Waals surface area contributed by atoms with Gasteiger partial charge in [-0.05, 0) is 340 Å². The molecule has 0 radical (unpaired) electrons. The summed E-state index contributed by atoms with van der Waals surface area (Å²) in [6.45, 7) is 25.6. The van der Waals surface area contributed by atoms with E-state index in [-0.39, 0.29) is 23.0 Å². The molecule has 0 saturated carbocycles. The van der Waals surface area contributed by atoms with Crippen LogP contribution < -0.4 is 26.2 Å². The second-order valence-corrected chi connectivity index (χ2v) is 46.4. The number of para-hydroxylation sites is 3. The fourth-order valence-corrected chi connectivity index (χ4v) is 26.6. The lowest BCUT2D eigenvalue weighted by molar-refractivity contribution is 0.590. The van der Waals surface area contributed by atoms with E-state index in [2.05, 4.69) is 486 Å². The Kier molecular flexibility index (Phi) is 21.0. The van der Waals surface area contributed by atoms with Crippen molar-refractivity contribution in [3.8, 4) is 39.3 Å². The predicted octanol–water partition coefficient (Wildman–Crippen LogP) is 33.7. The Bertz CT molecular complexity index is 8570. The molecule has 8 aliphatic rings. The van der Waals surface area contributed by atoms with Crippen molar-refractivity contribution in [1.82, 2.24) is 13.7 Å². The Morgan fingerprint density at radius 2 is 0.871 bits per heavy atom. The van der Waals surface area contributed by atoms with Crippen LogP contribution in [0.3, 0.4) is 0 Å². The third-order valence-corrected chi connectivity index (χ3v) is 34.2. The fraction of sp³-hybridized carbons (Fsp3) is 0.188. The van der Waals surface area contributed by atoms with Crippen molar-refractivity contribution in [2.75, 3.05) is 15.6 Å². The van der Waals surface area contributed by atoms with Gasteiger partial charge in [-0.3, -0.25) is 0 Å². The first-order valence-corrected chi connectivity index (χ1v) is 52.9. The monoisotopic (exact) mass is 1830 g/mol. The molecule has 3 aromatic heterocycles. The molecule has 1 spiro atoms. The predicted molar refractivity (Wildman–Crippen MR) is 608 cm³/mol. The quantitative estimate of drug-likeness (QED) is 0.0799. The Morgan fingerprint density at radius 1 is 0.343 bits per heavy atom. The van der Waals surface area contributed by atoms with E-state index in [1.54, 1.807) is 0 Å². The van der Waals surface area contributed by atoms with Crippen LogP contribution >= 0.6 is 9.21 Å². The van der Waals surface area contributed by atoms with Gasteiger partial charge in [-0.25, -0.2) is 0 Å². The third kappa shape index (κ3) is 14.8. The summed E-state index contributed by atoms with van der Waals surface area (Å²) in [5, 5.41) is 15.3. The van der Waals surface area contributed by atoms with Crippen molar-refractivity contribution in [2.45, 2.75) is 156 Å². The lowest BCUT2D eigenvalue weighted by atomic mass is 9.33. The molecule has 1 atom stereocenters. The molecule has 17 aromatic rings. The lowest BCUT2D eigenvalue weighted by Crippen LogP contribution is -2.62. The van der Waals surface area contributed by atoms with Gasteiger partial charge in [0.05, 0.1) is 44.5 Å². The Morgan fingerprint density at radius 3 is 1.51 bits per heavy atom. The summed E-state index contributed by atoms with van der Waals surface area (Å²) >= 11 is 0. The van der Waals surface area contributed by atoms with Gasteiger partial charge in [-0.2, -0.15) is 9.21 Å². The van der Waals surface area contributed by atoms with Gasteiger partial charge >= 0.3 is 0 Å². The van der Waals surface area contributed by atoms with E-state index in [1.807, 2.05) is 0 Å². The molecule has 684 valence electrons. The van der Waals surface area contributed by atoms with Gasteiger partial charge in [0.15, 0.2) is 0 Å². The largest absolute Gasteiger partial charge is 0.310 e. The zero-order valence-electron chi connectivity index (χ0n) is 82.3. The van der Waals surface area contributed by atoms with E-state index in [9.17, 15) is 0 Å². The van der Waals surface area contributed by atoms with Crippen LogP contribution in [0.2, 0.25) is 0 Å². The number of nitrogens with zero attached hydrogens (tertiary/aromatic N) is 5. The van der Waals surface area contributed by atoms with Crippen LogP contribution in [0.1, 0.15) is 184 Å². The fourth-order valence-electron chi connectivity index (χ4n) is 23.9. The van der Waals surface area contributed by atoms with Gasteiger partial charge in [0, 0.05) is 83.3 Å². The van der Waals surface area contributed by atoms with Crippen LogP contribution in [0.4, 0.5) is 28.4 Å². The smallest absolute Gasteiger partial charge is 0.252 e. The maximum atomic E-state index is 2.88. The van der Waals surface area contributed by atoms with Gasteiger partial charge in [0.1, 0.15) is 0 Å². The zero-order valence-corrected chi connectivity index (χ0v) is 83.1. The van der Waals surface area contributed by atoms with Crippen LogP contribution in [0.5, 0.6) is 0 Å². The molecular formula is C133H118BN5S. The van der Waals surface area contributed by atoms with Gasteiger partial charge < -0.3 is 23.5 Å². The minimum atomic E-state index is -1.50. The summed E-state index contributed by atoms with van der Waals surface area (Å²) in [6.07, 6.45) is 38.0. The number of rotatable bonds is 14. The molecule has 25 rings (SSSR count).